The summed E-state index contributed by atoms with van der Waals surface area (Å²) >= 11 is 0. The van der Waals surface area contributed by atoms with Crippen molar-refractivity contribution in [3.63, 3.8) is 0 Å². The summed E-state index contributed by atoms with van der Waals surface area (Å²) in [6, 6.07) is 0.346. The van der Waals surface area contributed by atoms with Gasteiger partial charge >= 0.3 is 5.97 Å². The summed E-state index contributed by atoms with van der Waals surface area (Å²) in [7, 11) is 0. The first-order valence-electron chi connectivity index (χ1n) is 9.61. The van der Waals surface area contributed by atoms with Crippen molar-refractivity contribution >= 4 is 5.97 Å². The van der Waals surface area contributed by atoms with Crippen LogP contribution in [0.25, 0.3) is 0 Å². The molecule has 0 aromatic carbocycles. The van der Waals surface area contributed by atoms with Gasteiger partial charge in [-0.1, -0.05) is 12.2 Å². The Labute approximate surface area is 153 Å². The van der Waals surface area contributed by atoms with E-state index in [1.54, 1.807) is 0 Å². The minimum Gasteiger partial charge on any atom is -0.471 e. The molecule has 4 atom stereocenters. The van der Waals surface area contributed by atoms with Crippen LogP contribution in [0.5, 0.6) is 0 Å². The number of carbonyl (C=O) groups excluding carboxylic acids is 1. The highest BCUT2D eigenvalue weighted by Crippen LogP contribution is 2.45. The number of allylic oxidation sites excluding steroid dienone is 6. The zero-order valence-electron chi connectivity index (χ0n) is 15.0. The zero-order chi connectivity index (χ0) is 17.7. The van der Waals surface area contributed by atoms with Crippen molar-refractivity contribution in [2.24, 2.45) is 11.8 Å². The van der Waals surface area contributed by atoms with E-state index in [9.17, 15) is 4.79 Å². The monoisotopic (exact) mass is 352 g/mol. The zero-order valence-corrected chi connectivity index (χ0v) is 15.0. The molecule has 4 unspecified atom stereocenters. The van der Waals surface area contributed by atoms with E-state index >= 15 is 0 Å². The van der Waals surface area contributed by atoms with Crippen LogP contribution in [0.2, 0.25) is 0 Å². The third-order valence-corrected chi connectivity index (χ3v) is 6.06. The van der Waals surface area contributed by atoms with Gasteiger partial charge in [-0.05, 0) is 49.6 Å². The molecule has 4 aliphatic heterocycles. The molecule has 1 N–H and O–H groups in total. The van der Waals surface area contributed by atoms with Crippen LogP contribution < -0.4 is 5.32 Å². The first kappa shape index (κ1) is 15.9. The number of carbonyl (C=O) groups is 1. The van der Waals surface area contributed by atoms with Crippen LogP contribution in [0.4, 0.5) is 0 Å². The Morgan fingerprint density at radius 1 is 1.38 bits per heavy atom. The highest BCUT2D eigenvalue weighted by Gasteiger charge is 2.49. The second-order valence-electron chi connectivity index (χ2n) is 7.45. The number of nitrogens with one attached hydrogen (secondary N) is 1. The van der Waals surface area contributed by atoms with Crippen molar-refractivity contribution in [2.45, 2.75) is 31.9 Å². The van der Waals surface area contributed by atoms with Crippen molar-refractivity contribution in [2.75, 3.05) is 19.7 Å². The largest absolute Gasteiger partial charge is 0.471 e. The van der Waals surface area contributed by atoms with Crippen molar-refractivity contribution in [3.05, 3.63) is 59.2 Å². The van der Waals surface area contributed by atoms with Crippen LogP contribution in [-0.4, -0.2) is 42.7 Å². The summed E-state index contributed by atoms with van der Waals surface area (Å²) in [6.45, 7) is 3.83. The van der Waals surface area contributed by atoms with Gasteiger partial charge in [0.15, 0.2) is 0 Å². The summed E-state index contributed by atoms with van der Waals surface area (Å²) in [6.07, 6.45) is 15.0. The molecule has 0 aromatic heterocycles. The van der Waals surface area contributed by atoms with Gasteiger partial charge in [-0.2, -0.15) is 0 Å². The van der Waals surface area contributed by atoms with E-state index in [0.717, 1.165) is 30.8 Å². The van der Waals surface area contributed by atoms with Crippen molar-refractivity contribution in [3.8, 4) is 0 Å². The quantitative estimate of drug-likeness (QED) is 0.774. The molecule has 0 bridgehead atoms. The Balaban J connectivity index is 1.50. The van der Waals surface area contributed by atoms with Crippen LogP contribution in [0.3, 0.4) is 0 Å². The number of fused-ring (bicyclic) bond motifs is 5. The van der Waals surface area contributed by atoms with E-state index in [1.807, 2.05) is 6.92 Å². The highest BCUT2D eigenvalue weighted by molar-refractivity contribution is 5.74. The maximum absolute atomic E-state index is 12.5. The normalized spacial score (nSPS) is 34.1. The van der Waals surface area contributed by atoms with Crippen LogP contribution in [0, 0.1) is 11.8 Å². The van der Waals surface area contributed by atoms with Crippen LogP contribution in [-0.2, 0) is 14.3 Å². The molecular formula is C21H24N2O3. The molecule has 1 saturated carbocycles. The molecule has 2 fully saturated rings. The number of nitrogens with zero attached hydrogens (tertiary/aromatic N) is 1. The minimum atomic E-state index is -0.110. The lowest BCUT2D eigenvalue weighted by atomic mass is 9.73. The van der Waals surface area contributed by atoms with E-state index in [-0.39, 0.29) is 23.9 Å². The number of hydrogen-bond acceptors (Lipinski definition) is 5. The molecule has 0 spiro atoms. The van der Waals surface area contributed by atoms with E-state index in [2.05, 4.69) is 46.7 Å². The third-order valence-electron chi connectivity index (χ3n) is 6.06. The summed E-state index contributed by atoms with van der Waals surface area (Å²) in [5.41, 5.74) is 3.54. The summed E-state index contributed by atoms with van der Waals surface area (Å²) in [5.74, 6) is 0.933. The molecule has 136 valence electrons. The van der Waals surface area contributed by atoms with E-state index < -0.39 is 0 Å². The molecular weight excluding hydrogens is 328 g/mol. The Morgan fingerprint density at radius 2 is 2.31 bits per heavy atom. The fraction of sp³-hybridized carbons (Fsp3) is 0.476. The fourth-order valence-electron chi connectivity index (χ4n) is 4.90. The summed E-state index contributed by atoms with van der Waals surface area (Å²) in [4.78, 5) is 14.7. The smallest absolute Gasteiger partial charge is 0.310 e. The number of ether oxygens (including phenoxy) is 2. The van der Waals surface area contributed by atoms with Gasteiger partial charge in [0.05, 0.1) is 12.5 Å². The van der Waals surface area contributed by atoms with E-state index in [1.165, 1.54) is 11.3 Å². The Hall–Kier alpha value is -2.27. The fourth-order valence-corrected chi connectivity index (χ4v) is 4.90. The van der Waals surface area contributed by atoms with E-state index in [0.29, 0.717) is 19.2 Å². The Kier molecular flexibility index (Phi) is 3.78. The van der Waals surface area contributed by atoms with Crippen LogP contribution >= 0.6 is 0 Å². The lowest BCUT2D eigenvalue weighted by Crippen LogP contribution is -2.43. The maximum atomic E-state index is 12.5. The number of hydrogen-bond donors (Lipinski definition) is 1. The molecule has 0 radical (unpaired) electrons. The van der Waals surface area contributed by atoms with Gasteiger partial charge in [0.2, 0.25) is 5.88 Å². The standard InChI is InChI=1S/C21H24N2O3/c1-2-25-21(24)16-12-22-17-8-9-18-15(19(16)17)11-13-6-7-14-5-3-4-10-23(14)20(13)26-18/h3-7,11,16-19,22H,2,8-10,12H2,1H3. The average Bonchev–Trinajstić information content (AvgIpc) is 3.11. The first-order valence-corrected chi connectivity index (χ1v) is 9.61. The summed E-state index contributed by atoms with van der Waals surface area (Å²) in [5, 5.41) is 3.54. The predicted molar refractivity (Wildman–Crippen MR) is 97.7 cm³/mol. The van der Waals surface area contributed by atoms with Gasteiger partial charge in [0.1, 0.15) is 6.10 Å². The number of esters is 1. The van der Waals surface area contributed by atoms with E-state index in [4.69, 9.17) is 9.47 Å². The van der Waals surface area contributed by atoms with Gasteiger partial charge < -0.3 is 19.7 Å². The van der Waals surface area contributed by atoms with Crippen molar-refractivity contribution < 1.29 is 14.3 Å². The molecule has 26 heavy (non-hydrogen) atoms. The molecule has 5 aliphatic rings. The highest BCUT2D eigenvalue weighted by atomic mass is 16.5. The molecule has 0 aromatic rings. The first-order chi connectivity index (χ1) is 12.8. The molecule has 1 saturated heterocycles. The lowest BCUT2D eigenvalue weighted by Gasteiger charge is -2.43. The average molecular weight is 352 g/mol. The predicted octanol–water partition coefficient (Wildman–Crippen LogP) is 2.41. The van der Waals surface area contributed by atoms with Crippen LogP contribution in [0.15, 0.2) is 59.2 Å². The lowest BCUT2D eigenvalue weighted by molar-refractivity contribution is -0.148. The maximum Gasteiger partial charge on any atom is 0.310 e. The second-order valence-corrected chi connectivity index (χ2v) is 7.45. The third kappa shape index (κ3) is 2.37. The molecule has 0 amide bonds. The van der Waals surface area contributed by atoms with Gasteiger partial charge in [0, 0.05) is 36.3 Å². The summed E-state index contributed by atoms with van der Waals surface area (Å²) < 4.78 is 11.8. The molecule has 5 rings (SSSR count). The molecule has 4 heterocycles. The molecule has 5 heteroatoms. The van der Waals surface area contributed by atoms with Crippen molar-refractivity contribution in [1.29, 1.82) is 0 Å². The second kappa shape index (κ2) is 6.16. The molecule has 5 nitrogen and oxygen atoms in total. The topological polar surface area (TPSA) is 50.8 Å². The van der Waals surface area contributed by atoms with Crippen LogP contribution in [0.1, 0.15) is 19.8 Å². The SMILES string of the molecule is CCOC(=O)C1CNC2CCC3OC4=C(C=CC5=CC=CCN54)C=C3C21. The van der Waals surface area contributed by atoms with Gasteiger partial charge in [-0.25, -0.2) is 0 Å². The number of rotatable bonds is 2. The van der Waals surface area contributed by atoms with Gasteiger partial charge in [0.25, 0.3) is 0 Å². The Morgan fingerprint density at radius 3 is 3.19 bits per heavy atom. The molecule has 1 aliphatic carbocycles. The van der Waals surface area contributed by atoms with Crippen molar-refractivity contribution in [1.82, 2.24) is 10.2 Å². The van der Waals surface area contributed by atoms with Gasteiger partial charge in [-0.3, -0.25) is 4.79 Å². The Bertz CT molecular complexity index is 789. The minimum absolute atomic E-state index is 0.0606. The van der Waals surface area contributed by atoms with Gasteiger partial charge in [-0.15, -0.1) is 0 Å².